The van der Waals surface area contributed by atoms with Crippen molar-refractivity contribution < 1.29 is 14.7 Å². The van der Waals surface area contributed by atoms with Crippen LogP contribution in [0, 0.1) is 13.8 Å². The molecule has 0 amide bonds. The number of H-pyrrole nitrogens is 1. The number of ketones is 1. The van der Waals surface area contributed by atoms with Gasteiger partial charge in [-0.3, -0.25) is 9.59 Å². The molecule has 0 aliphatic rings. The summed E-state index contributed by atoms with van der Waals surface area (Å²) in [5, 5.41) is 14.8. The molecule has 0 bridgehead atoms. The maximum Gasteiger partial charge on any atom is 0.335 e. The fraction of sp³-hybridized carbons (Fsp3) is 0.143. The maximum absolute atomic E-state index is 12.3. The topological polar surface area (TPSA) is 100 Å². The molecule has 1 heterocycles. The van der Waals surface area contributed by atoms with Gasteiger partial charge in [-0.05, 0) is 43.7 Å². The van der Waals surface area contributed by atoms with E-state index in [0.29, 0.717) is 16.8 Å². The molecule has 0 spiro atoms. The molecule has 0 atom stereocenters. The van der Waals surface area contributed by atoms with Crippen LogP contribution < -0.4 is 5.56 Å². The third kappa shape index (κ3) is 2.49. The molecule has 0 saturated heterocycles. The van der Waals surface area contributed by atoms with Gasteiger partial charge in [0.2, 0.25) is 0 Å². The van der Waals surface area contributed by atoms with E-state index in [9.17, 15) is 14.4 Å². The Hall–Kier alpha value is -2.76. The summed E-state index contributed by atoms with van der Waals surface area (Å²) in [6, 6.07) is 5.56. The lowest BCUT2D eigenvalue weighted by molar-refractivity contribution is 0.0696. The third-order valence-corrected chi connectivity index (χ3v) is 2.89. The highest BCUT2D eigenvalue weighted by Gasteiger charge is 2.17. The second-order valence-electron chi connectivity index (χ2n) is 4.42. The Morgan fingerprint density at radius 2 is 1.85 bits per heavy atom. The summed E-state index contributed by atoms with van der Waals surface area (Å²) in [6.45, 7) is 3.29. The van der Waals surface area contributed by atoms with Gasteiger partial charge in [0.15, 0.2) is 5.78 Å². The Morgan fingerprint density at radius 3 is 2.45 bits per heavy atom. The van der Waals surface area contributed by atoms with Crippen LogP contribution in [-0.2, 0) is 0 Å². The first-order valence-electron chi connectivity index (χ1n) is 5.85. The van der Waals surface area contributed by atoms with Gasteiger partial charge in [-0.1, -0.05) is 0 Å². The number of carbonyl (C=O) groups is 2. The van der Waals surface area contributed by atoms with Gasteiger partial charge < -0.3 is 5.11 Å². The number of aromatic nitrogens is 2. The predicted octanol–water partition coefficient (Wildman–Crippen LogP) is 1.32. The van der Waals surface area contributed by atoms with Crippen molar-refractivity contribution >= 4 is 11.8 Å². The molecule has 2 N–H and O–H groups in total. The van der Waals surface area contributed by atoms with Crippen molar-refractivity contribution in [3.05, 3.63) is 62.6 Å². The lowest BCUT2D eigenvalue weighted by Crippen LogP contribution is -2.20. The monoisotopic (exact) mass is 272 g/mol. The van der Waals surface area contributed by atoms with Crippen LogP contribution in [0.25, 0.3) is 0 Å². The minimum Gasteiger partial charge on any atom is -0.478 e. The summed E-state index contributed by atoms with van der Waals surface area (Å²) in [5.41, 5.74) is 0.840. The summed E-state index contributed by atoms with van der Waals surface area (Å²) < 4.78 is 0. The average molecular weight is 272 g/mol. The van der Waals surface area contributed by atoms with Crippen LogP contribution in [0.4, 0.5) is 0 Å². The van der Waals surface area contributed by atoms with Gasteiger partial charge in [-0.15, -0.1) is 0 Å². The molecule has 2 rings (SSSR count). The Bertz CT molecular complexity index is 762. The quantitative estimate of drug-likeness (QED) is 0.821. The number of rotatable bonds is 3. The Balaban J connectivity index is 2.51. The second-order valence-corrected chi connectivity index (χ2v) is 4.42. The highest BCUT2D eigenvalue weighted by Crippen LogP contribution is 2.14. The van der Waals surface area contributed by atoms with Crippen LogP contribution in [0.2, 0.25) is 0 Å². The zero-order valence-electron chi connectivity index (χ0n) is 10.9. The van der Waals surface area contributed by atoms with E-state index in [0.717, 1.165) is 0 Å². The largest absolute Gasteiger partial charge is 0.478 e. The van der Waals surface area contributed by atoms with Crippen LogP contribution in [0.5, 0.6) is 0 Å². The second kappa shape index (κ2) is 5.08. The number of nitrogens with zero attached hydrogens (tertiary/aromatic N) is 1. The van der Waals surface area contributed by atoms with Crippen LogP contribution >= 0.6 is 0 Å². The van der Waals surface area contributed by atoms with E-state index in [1.807, 2.05) is 0 Å². The molecule has 0 unspecified atom stereocenters. The fourth-order valence-corrected chi connectivity index (χ4v) is 1.87. The molecule has 2 aromatic rings. The zero-order valence-corrected chi connectivity index (χ0v) is 10.9. The number of aromatic amines is 1. The molecular formula is C14H12N2O4. The number of benzene rings is 1. The fourth-order valence-electron chi connectivity index (χ4n) is 1.87. The number of carboxylic acid groups (broad SMARTS) is 1. The molecule has 0 radical (unpaired) electrons. The van der Waals surface area contributed by atoms with Gasteiger partial charge in [-0.25, -0.2) is 9.89 Å². The van der Waals surface area contributed by atoms with Gasteiger partial charge >= 0.3 is 5.97 Å². The summed E-state index contributed by atoms with van der Waals surface area (Å²) in [6.07, 6.45) is 0. The molecule has 0 aliphatic heterocycles. The van der Waals surface area contributed by atoms with Gasteiger partial charge in [0.1, 0.15) is 0 Å². The number of aryl methyl sites for hydroxylation is 2. The highest BCUT2D eigenvalue weighted by atomic mass is 16.4. The predicted molar refractivity (Wildman–Crippen MR) is 71.2 cm³/mol. The number of carbonyl (C=O) groups excluding carboxylic acids is 1. The van der Waals surface area contributed by atoms with E-state index in [1.165, 1.54) is 24.3 Å². The van der Waals surface area contributed by atoms with E-state index >= 15 is 0 Å². The highest BCUT2D eigenvalue weighted by molar-refractivity contribution is 6.10. The Labute approximate surface area is 114 Å². The molecule has 1 aromatic carbocycles. The number of aromatic carboxylic acids is 1. The minimum absolute atomic E-state index is 0.0105. The van der Waals surface area contributed by atoms with E-state index in [4.69, 9.17) is 5.11 Å². The van der Waals surface area contributed by atoms with Crippen LogP contribution in [-0.4, -0.2) is 27.1 Å². The summed E-state index contributed by atoms with van der Waals surface area (Å²) >= 11 is 0. The van der Waals surface area contributed by atoms with Crippen molar-refractivity contribution in [2.45, 2.75) is 13.8 Å². The van der Waals surface area contributed by atoms with E-state index < -0.39 is 17.3 Å². The smallest absolute Gasteiger partial charge is 0.335 e. The summed E-state index contributed by atoms with van der Waals surface area (Å²) in [7, 11) is 0. The zero-order chi connectivity index (χ0) is 14.9. The van der Waals surface area contributed by atoms with Crippen molar-refractivity contribution in [2.24, 2.45) is 0 Å². The van der Waals surface area contributed by atoms with Crippen molar-refractivity contribution in [2.75, 3.05) is 0 Å². The summed E-state index contributed by atoms with van der Waals surface area (Å²) in [4.78, 5) is 34.8. The molecule has 1 aromatic heterocycles. The van der Waals surface area contributed by atoms with Crippen molar-refractivity contribution in [3.63, 3.8) is 0 Å². The number of hydrogen-bond acceptors (Lipinski definition) is 4. The molecule has 102 valence electrons. The van der Waals surface area contributed by atoms with E-state index in [1.54, 1.807) is 13.8 Å². The summed E-state index contributed by atoms with van der Waals surface area (Å²) in [5.74, 6) is -1.52. The number of carboxylic acids is 1. The van der Waals surface area contributed by atoms with Crippen LogP contribution in [0.3, 0.4) is 0 Å². The van der Waals surface area contributed by atoms with Crippen LogP contribution in [0.15, 0.2) is 29.1 Å². The number of hydrogen-bond donors (Lipinski definition) is 2. The molecule has 6 heteroatoms. The lowest BCUT2D eigenvalue weighted by atomic mass is 9.98. The normalized spacial score (nSPS) is 10.3. The molecule has 0 saturated carbocycles. The third-order valence-electron chi connectivity index (χ3n) is 2.89. The Morgan fingerprint density at radius 1 is 1.15 bits per heavy atom. The first kappa shape index (κ1) is 13.7. The number of nitrogens with one attached hydrogen (secondary N) is 1. The standard InChI is InChI=1S/C14H12N2O4/c1-7-5-9(14(19)20)3-4-10(7)12(17)11-6-8(2)15-16-13(11)18/h3-6H,1-2H3,(H,16,18)(H,19,20). The molecule has 0 aliphatic carbocycles. The lowest BCUT2D eigenvalue weighted by Gasteiger charge is -2.06. The van der Waals surface area contributed by atoms with Crippen LogP contribution in [0.1, 0.15) is 37.5 Å². The van der Waals surface area contributed by atoms with Gasteiger partial charge in [0, 0.05) is 5.56 Å². The van der Waals surface area contributed by atoms with E-state index in [2.05, 4.69) is 10.2 Å². The Kier molecular flexibility index (Phi) is 3.47. The molecule has 6 nitrogen and oxygen atoms in total. The molecular weight excluding hydrogens is 260 g/mol. The molecule has 0 fully saturated rings. The van der Waals surface area contributed by atoms with E-state index in [-0.39, 0.29) is 11.1 Å². The average Bonchev–Trinajstić information content (AvgIpc) is 2.40. The van der Waals surface area contributed by atoms with Crippen molar-refractivity contribution in [1.29, 1.82) is 0 Å². The van der Waals surface area contributed by atoms with Gasteiger partial charge in [0.05, 0.1) is 16.8 Å². The van der Waals surface area contributed by atoms with Crippen molar-refractivity contribution in [3.8, 4) is 0 Å². The van der Waals surface area contributed by atoms with Crippen molar-refractivity contribution in [1.82, 2.24) is 10.2 Å². The molecule has 20 heavy (non-hydrogen) atoms. The maximum atomic E-state index is 12.3. The van der Waals surface area contributed by atoms with Gasteiger partial charge in [-0.2, -0.15) is 5.10 Å². The SMILES string of the molecule is Cc1cc(C(=O)c2ccc(C(=O)O)cc2C)c(=O)[nH]n1. The minimum atomic E-state index is -1.07. The first-order chi connectivity index (χ1) is 9.40. The first-order valence-corrected chi connectivity index (χ1v) is 5.85. The van der Waals surface area contributed by atoms with Gasteiger partial charge in [0.25, 0.3) is 5.56 Å².